The number of benzene rings is 1. The first-order valence-electron chi connectivity index (χ1n) is 8.46. The van der Waals surface area contributed by atoms with Crippen LogP contribution in [0.3, 0.4) is 0 Å². The summed E-state index contributed by atoms with van der Waals surface area (Å²) in [5.74, 6) is -0.267. The Bertz CT molecular complexity index is 799. The lowest BCUT2D eigenvalue weighted by Crippen LogP contribution is -2.61. The molecule has 0 bridgehead atoms. The molecule has 144 valence electrons. The van der Waals surface area contributed by atoms with E-state index in [1.165, 1.54) is 18.1 Å². The Morgan fingerprint density at radius 3 is 2.58 bits per heavy atom. The maximum Gasteiger partial charge on any atom is 0.319 e. The molecule has 0 radical (unpaired) electrons. The average molecular weight is 385 g/mol. The van der Waals surface area contributed by atoms with E-state index >= 15 is 0 Å². The van der Waals surface area contributed by atoms with E-state index < -0.39 is 15.7 Å². The van der Waals surface area contributed by atoms with Gasteiger partial charge in [-0.3, -0.25) is 4.90 Å². The summed E-state index contributed by atoms with van der Waals surface area (Å²) in [5.41, 5.74) is 0.749. The third-order valence-electron chi connectivity index (χ3n) is 5.02. The van der Waals surface area contributed by atoms with Crippen LogP contribution in [0.4, 0.5) is 9.18 Å². The highest BCUT2D eigenvalue weighted by molar-refractivity contribution is 7.91. The van der Waals surface area contributed by atoms with Gasteiger partial charge in [-0.1, -0.05) is 6.07 Å². The van der Waals surface area contributed by atoms with Gasteiger partial charge in [-0.05, 0) is 17.7 Å². The second-order valence-electron chi connectivity index (χ2n) is 7.02. The molecule has 2 amide bonds. The van der Waals surface area contributed by atoms with Crippen LogP contribution in [0.25, 0.3) is 0 Å². The minimum Gasteiger partial charge on any atom is -0.494 e. The van der Waals surface area contributed by atoms with Crippen molar-refractivity contribution in [1.29, 1.82) is 0 Å². The molecule has 2 aliphatic heterocycles. The van der Waals surface area contributed by atoms with Gasteiger partial charge in [-0.25, -0.2) is 17.6 Å². The molecule has 2 atom stereocenters. The topological polar surface area (TPSA) is 70.2 Å². The number of urea groups is 1. The maximum atomic E-state index is 14.0. The predicted octanol–water partition coefficient (Wildman–Crippen LogP) is 0.799. The van der Waals surface area contributed by atoms with Gasteiger partial charge in [-0.15, -0.1) is 0 Å². The lowest BCUT2D eigenvalue weighted by atomic mass is 10.0. The molecule has 2 fully saturated rings. The Kier molecular flexibility index (Phi) is 5.12. The van der Waals surface area contributed by atoms with Crippen LogP contribution in [0.15, 0.2) is 18.2 Å². The van der Waals surface area contributed by atoms with E-state index in [0.29, 0.717) is 19.6 Å². The minimum atomic E-state index is -3.21. The summed E-state index contributed by atoms with van der Waals surface area (Å²) in [6.45, 7) is 1.43. The van der Waals surface area contributed by atoms with Crippen molar-refractivity contribution in [3.8, 4) is 5.75 Å². The summed E-state index contributed by atoms with van der Waals surface area (Å²) in [6.07, 6.45) is 0. The summed E-state index contributed by atoms with van der Waals surface area (Å²) in [4.78, 5) is 17.6. The maximum absolute atomic E-state index is 14.0. The van der Waals surface area contributed by atoms with Gasteiger partial charge in [0.05, 0.1) is 24.7 Å². The summed E-state index contributed by atoms with van der Waals surface area (Å²) < 4.78 is 43.3. The van der Waals surface area contributed by atoms with Crippen molar-refractivity contribution in [2.45, 2.75) is 18.6 Å². The van der Waals surface area contributed by atoms with E-state index in [9.17, 15) is 17.6 Å². The number of hydrogen-bond acceptors (Lipinski definition) is 5. The number of carbonyl (C=O) groups is 1. The van der Waals surface area contributed by atoms with E-state index in [-0.39, 0.29) is 35.4 Å². The Morgan fingerprint density at radius 1 is 1.27 bits per heavy atom. The number of rotatable bonds is 3. The first kappa shape index (κ1) is 18.9. The Hall–Kier alpha value is -1.87. The van der Waals surface area contributed by atoms with E-state index in [1.807, 2.05) is 4.90 Å². The monoisotopic (exact) mass is 385 g/mol. The number of hydrogen-bond donors (Lipinski definition) is 0. The van der Waals surface area contributed by atoms with Crippen molar-refractivity contribution >= 4 is 15.9 Å². The van der Waals surface area contributed by atoms with Gasteiger partial charge in [-0.2, -0.15) is 0 Å². The van der Waals surface area contributed by atoms with Crippen molar-refractivity contribution < 1.29 is 22.3 Å². The van der Waals surface area contributed by atoms with Crippen LogP contribution in [0, 0.1) is 5.82 Å². The van der Waals surface area contributed by atoms with Crippen LogP contribution in [0.1, 0.15) is 5.56 Å². The molecule has 0 unspecified atom stereocenters. The van der Waals surface area contributed by atoms with Crippen LogP contribution < -0.4 is 4.74 Å². The number of sulfone groups is 1. The molecule has 2 saturated heterocycles. The number of ether oxygens (including phenoxy) is 1. The van der Waals surface area contributed by atoms with Gasteiger partial charge in [0.15, 0.2) is 21.4 Å². The second kappa shape index (κ2) is 7.03. The molecular formula is C17H24FN3O4S. The molecule has 26 heavy (non-hydrogen) atoms. The fourth-order valence-corrected chi connectivity index (χ4v) is 5.77. The zero-order valence-corrected chi connectivity index (χ0v) is 16.0. The first-order chi connectivity index (χ1) is 12.2. The van der Waals surface area contributed by atoms with Gasteiger partial charge in [0.1, 0.15) is 0 Å². The van der Waals surface area contributed by atoms with Crippen LogP contribution in [-0.4, -0.2) is 87.0 Å². The van der Waals surface area contributed by atoms with E-state index in [0.717, 1.165) is 5.56 Å². The van der Waals surface area contributed by atoms with Crippen molar-refractivity contribution in [2.24, 2.45) is 0 Å². The highest BCUT2D eigenvalue weighted by atomic mass is 32.2. The molecule has 1 aromatic rings. The Morgan fingerprint density at radius 2 is 1.96 bits per heavy atom. The largest absolute Gasteiger partial charge is 0.494 e. The smallest absolute Gasteiger partial charge is 0.319 e. The molecule has 2 heterocycles. The molecule has 9 heteroatoms. The van der Waals surface area contributed by atoms with E-state index in [4.69, 9.17) is 4.74 Å². The Balaban J connectivity index is 1.82. The van der Waals surface area contributed by atoms with Crippen LogP contribution >= 0.6 is 0 Å². The highest BCUT2D eigenvalue weighted by Crippen LogP contribution is 2.29. The number of methoxy groups -OCH3 is 1. The lowest BCUT2D eigenvalue weighted by Gasteiger charge is -2.44. The van der Waals surface area contributed by atoms with Gasteiger partial charge in [0.25, 0.3) is 0 Å². The molecule has 1 aromatic carbocycles. The van der Waals surface area contributed by atoms with E-state index in [2.05, 4.69) is 0 Å². The molecule has 0 spiro atoms. The Labute approximate surface area is 153 Å². The van der Waals surface area contributed by atoms with Gasteiger partial charge < -0.3 is 14.5 Å². The summed E-state index contributed by atoms with van der Waals surface area (Å²) in [5, 5.41) is 0. The number of amides is 2. The molecule has 7 nitrogen and oxygen atoms in total. The van der Waals surface area contributed by atoms with Crippen LogP contribution in [-0.2, 0) is 16.4 Å². The highest BCUT2D eigenvalue weighted by Gasteiger charge is 2.48. The van der Waals surface area contributed by atoms with Gasteiger partial charge in [0.2, 0.25) is 0 Å². The zero-order chi connectivity index (χ0) is 19.1. The number of halogens is 1. The number of carbonyl (C=O) groups excluding carboxylic acids is 1. The molecule has 0 aromatic heterocycles. The molecule has 0 saturated carbocycles. The van der Waals surface area contributed by atoms with Crippen LogP contribution in [0.5, 0.6) is 5.75 Å². The number of piperazine rings is 1. The van der Waals surface area contributed by atoms with Crippen molar-refractivity contribution in [3.05, 3.63) is 29.6 Å². The summed E-state index contributed by atoms with van der Waals surface area (Å²) >= 11 is 0. The molecular weight excluding hydrogens is 361 g/mol. The molecule has 0 N–H and O–H groups in total. The van der Waals surface area contributed by atoms with Crippen molar-refractivity contribution in [2.75, 3.05) is 45.8 Å². The molecule has 2 aliphatic rings. The average Bonchev–Trinajstić information content (AvgIpc) is 2.90. The molecule has 0 aliphatic carbocycles. The summed E-state index contributed by atoms with van der Waals surface area (Å²) in [6, 6.07) is 3.94. The van der Waals surface area contributed by atoms with Gasteiger partial charge in [0, 0.05) is 39.8 Å². The molecule has 3 rings (SSSR count). The van der Waals surface area contributed by atoms with Gasteiger partial charge >= 0.3 is 6.03 Å². The third kappa shape index (κ3) is 3.64. The third-order valence-corrected chi connectivity index (χ3v) is 6.72. The fourth-order valence-electron chi connectivity index (χ4n) is 3.76. The fraction of sp³-hybridized carbons (Fsp3) is 0.588. The second-order valence-corrected chi connectivity index (χ2v) is 9.18. The van der Waals surface area contributed by atoms with Crippen LogP contribution in [0.2, 0.25) is 0 Å². The minimum absolute atomic E-state index is 0.0213. The van der Waals surface area contributed by atoms with Crippen molar-refractivity contribution in [1.82, 2.24) is 14.7 Å². The predicted molar refractivity (Wildman–Crippen MR) is 95.4 cm³/mol. The standard InChI is InChI=1S/C17H24FN3O4S/c1-19(2)17(22)21-7-6-20(14-10-26(23,24)11-15(14)21)9-12-4-5-16(25-3)13(18)8-12/h4-5,8,14-15H,6-7,9-11H2,1-3H3/t14-,15+/m0/s1. The lowest BCUT2D eigenvalue weighted by molar-refractivity contribution is 0.0520. The normalized spacial score (nSPS) is 25.0. The zero-order valence-electron chi connectivity index (χ0n) is 15.2. The SMILES string of the molecule is COc1ccc(CN2CCN(C(=O)N(C)C)[C@@H]3CS(=O)(=O)C[C@@H]32)cc1F. The van der Waals surface area contributed by atoms with E-state index in [1.54, 1.807) is 31.1 Å². The van der Waals surface area contributed by atoms with Crippen molar-refractivity contribution in [3.63, 3.8) is 0 Å². The quantitative estimate of drug-likeness (QED) is 0.770. The summed E-state index contributed by atoms with van der Waals surface area (Å²) in [7, 11) is 1.52. The number of nitrogens with zero attached hydrogens (tertiary/aromatic N) is 3. The first-order valence-corrected chi connectivity index (χ1v) is 10.3. The number of fused-ring (bicyclic) bond motifs is 1.